The smallest absolute Gasteiger partial charge is 0.270 e. The van der Waals surface area contributed by atoms with Crippen LogP contribution in [-0.4, -0.2) is 48.3 Å². The van der Waals surface area contributed by atoms with Crippen LogP contribution in [0.4, 0.5) is 14.5 Å². The molecule has 2 saturated heterocycles. The number of benzene rings is 1. The molecule has 0 spiro atoms. The quantitative estimate of drug-likeness (QED) is 0.639. The maximum absolute atomic E-state index is 13.6. The maximum atomic E-state index is 13.6. The van der Waals surface area contributed by atoms with E-state index in [0.29, 0.717) is 4.48 Å². The molecular weight excluding hydrogens is 336 g/mol. The number of piperazine rings is 1. The SMILES string of the molecule is CC(C)(O)C1=CC(N2CCNCC2)=C2C[N+]12c1ccc(C(C)(F)F)cc1. The molecule has 1 aromatic rings. The number of aliphatic hydroxyl groups is 1. The molecule has 6 heteroatoms. The van der Waals surface area contributed by atoms with Crippen LogP contribution in [0.1, 0.15) is 26.3 Å². The van der Waals surface area contributed by atoms with Crippen molar-refractivity contribution in [2.24, 2.45) is 0 Å². The summed E-state index contributed by atoms with van der Waals surface area (Å²) in [5.74, 6) is -2.85. The Bertz CT molecular complexity index is 781. The predicted octanol–water partition coefficient (Wildman–Crippen LogP) is 2.90. The van der Waals surface area contributed by atoms with Crippen molar-refractivity contribution in [3.63, 3.8) is 0 Å². The average Bonchev–Trinajstić information content (AvgIpc) is 3.22. The van der Waals surface area contributed by atoms with Crippen LogP contribution in [0.5, 0.6) is 0 Å². The molecule has 0 saturated carbocycles. The summed E-state index contributed by atoms with van der Waals surface area (Å²) in [7, 11) is 0. The fourth-order valence-corrected chi connectivity index (χ4v) is 4.24. The van der Waals surface area contributed by atoms with E-state index in [0.717, 1.165) is 51.0 Å². The highest BCUT2D eigenvalue weighted by Crippen LogP contribution is 2.56. The normalized spacial score (nSPS) is 26.1. The van der Waals surface area contributed by atoms with Crippen LogP contribution in [0.3, 0.4) is 0 Å². The molecule has 0 bridgehead atoms. The molecular formula is C20H26F2N3O+. The first-order valence-electron chi connectivity index (χ1n) is 9.15. The molecule has 140 valence electrons. The number of quaternary nitrogens is 1. The van der Waals surface area contributed by atoms with Gasteiger partial charge in [0, 0.05) is 56.9 Å². The van der Waals surface area contributed by atoms with Crippen LogP contribution in [-0.2, 0) is 5.92 Å². The lowest BCUT2D eigenvalue weighted by molar-refractivity contribution is 0.0174. The molecule has 4 nitrogen and oxygen atoms in total. The molecule has 3 heterocycles. The largest absolute Gasteiger partial charge is 0.380 e. The topological polar surface area (TPSA) is 35.5 Å². The van der Waals surface area contributed by atoms with Gasteiger partial charge in [-0.15, -0.1) is 0 Å². The number of alkyl halides is 2. The molecule has 1 unspecified atom stereocenters. The number of allylic oxidation sites excluding steroid dienone is 1. The Morgan fingerprint density at radius 2 is 1.69 bits per heavy atom. The van der Waals surface area contributed by atoms with E-state index < -0.39 is 11.5 Å². The highest BCUT2D eigenvalue weighted by Gasteiger charge is 2.64. The minimum Gasteiger partial charge on any atom is -0.380 e. The van der Waals surface area contributed by atoms with Crippen molar-refractivity contribution >= 4 is 5.69 Å². The van der Waals surface area contributed by atoms with Crippen molar-refractivity contribution in [1.29, 1.82) is 0 Å². The van der Waals surface area contributed by atoms with Crippen LogP contribution >= 0.6 is 0 Å². The lowest BCUT2D eigenvalue weighted by Crippen LogP contribution is -2.42. The third kappa shape index (κ3) is 2.68. The maximum Gasteiger partial charge on any atom is 0.270 e. The standard InChI is InChI=1S/C20H26F2N3O/c1-19(2,26)18-12-16(24-10-8-23-9-11-24)17-13-25(17,18)15-6-4-14(5-7-15)20(3,21)22/h4-7,12,23,26H,8-11,13H2,1-3H3/q+1. The van der Waals surface area contributed by atoms with Crippen molar-refractivity contribution < 1.29 is 13.9 Å². The number of rotatable bonds is 4. The van der Waals surface area contributed by atoms with Gasteiger partial charge in [0.2, 0.25) is 0 Å². The summed E-state index contributed by atoms with van der Waals surface area (Å²) in [5, 5.41) is 14.1. The number of hydrogen-bond acceptors (Lipinski definition) is 3. The lowest BCUT2D eigenvalue weighted by Gasteiger charge is -2.28. The van der Waals surface area contributed by atoms with E-state index in [1.807, 2.05) is 0 Å². The van der Waals surface area contributed by atoms with E-state index in [2.05, 4.69) is 16.3 Å². The van der Waals surface area contributed by atoms with Gasteiger partial charge in [-0.3, -0.25) is 0 Å². The fraction of sp³-hybridized carbons (Fsp3) is 0.500. The second-order valence-corrected chi connectivity index (χ2v) is 8.06. The molecule has 3 aliphatic heterocycles. The first kappa shape index (κ1) is 17.6. The first-order valence-corrected chi connectivity index (χ1v) is 9.15. The van der Waals surface area contributed by atoms with Gasteiger partial charge >= 0.3 is 0 Å². The molecule has 4 rings (SSSR count). The second kappa shape index (κ2) is 5.62. The minimum atomic E-state index is -2.85. The van der Waals surface area contributed by atoms with Crippen LogP contribution in [0.2, 0.25) is 0 Å². The van der Waals surface area contributed by atoms with Gasteiger partial charge in [-0.25, -0.2) is 13.3 Å². The summed E-state index contributed by atoms with van der Waals surface area (Å²) in [6.45, 7) is 9.08. The molecule has 0 amide bonds. The molecule has 0 radical (unpaired) electrons. The Labute approximate surface area is 153 Å². The molecule has 0 aliphatic carbocycles. The summed E-state index contributed by atoms with van der Waals surface area (Å²) in [5.41, 5.74) is 3.32. The van der Waals surface area contributed by atoms with Gasteiger partial charge < -0.3 is 15.3 Å². The van der Waals surface area contributed by atoms with E-state index in [1.165, 1.54) is 23.5 Å². The van der Waals surface area contributed by atoms with Gasteiger partial charge in [-0.2, -0.15) is 0 Å². The molecule has 1 atom stereocenters. The number of nitrogens with one attached hydrogen (secondary N) is 1. The number of fused-ring (bicyclic) bond motifs is 1. The fourth-order valence-electron chi connectivity index (χ4n) is 4.24. The molecule has 3 aliphatic rings. The predicted molar refractivity (Wildman–Crippen MR) is 98.5 cm³/mol. The van der Waals surface area contributed by atoms with Crippen LogP contribution in [0.25, 0.3) is 0 Å². The summed E-state index contributed by atoms with van der Waals surface area (Å²) in [4.78, 5) is 2.36. The minimum absolute atomic E-state index is 0.0159. The second-order valence-electron chi connectivity index (χ2n) is 8.06. The summed E-state index contributed by atoms with van der Waals surface area (Å²) < 4.78 is 27.6. The van der Waals surface area contributed by atoms with Crippen molar-refractivity contribution in [1.82, 2.24) is 14.7 Å². The number of nitrogens with zero attached hydrogens (tertiary/aromatic N) is 2. The molecule has 26 heavy (non-hydrogen) atoms. The Hall–Kier alpha value is -1.76. The van der Waals surface area contributed by atoms with E-state index in [1.54, 1.807) is 26.0 Å². The Morgan fingerprint density at radius 3 is 2.23 bits per heavy atom. The van der Waals surface area contributed by atoms with Crippen molar-refractivity contribution in [3.05, 3.63) is 53.0 Å². The Morgan fingerprint density at radius 1 is 1.08 bits per heavy atom. The van der Waals surface area contributed by atoms with Gasteiger partial charge in [-0.05, 0) is 26.0 Å². The lowest BCUT2D eigenvalue weighted by atomic mass is 10.0. The number of hydrogen-bond donors (Lipinski definition) is 2. The van der Waals surface area contributed by atoms with E-state index in [9.17, 15) is 13.9 Å². The number of halogens is 2. The molecule has 2 fully saturated rings. The van der Waals surface area contributed by atoms with Gasteiger partial charge in [0.15, 0.2) is 17.9 Å². The molecule has 2 N–H and O–H groups in total. The van der Waals surface area contributed by atoms with Crippen molar-refractivity contribution in [3.8, 4) is 0 Å². The van der Waals surface area contributed by atoms with Gasteiger partial charge in [0.05, 0.1) is 0 Å². The third-order valence-corrected chi connectivity index (χ3v) is 5.62. The zero-order valence-electron chi connectivity index (χ0n) is 15.5. The highest BCUT2D eigenvalue weighted by molar-refractivity contribution is 5.71. The van der Waals surface area contributed by atoms with Crippen LogP contribution < -0.4 is 9.80 Å². The zero-order valence-corrected chi connectivity index (χ0v) is 15.5. The van der Waals surface area contributed by atoms with Gasteiger partial charge in [-0.1, -0.05) is 0 Å². The van der Waals surface area contributed by atoms with E-state index in [4.69, 9.17) is 0 Å². The molecule has 0 aromatic heterocycles. The summed E-state index contributed by atoms with van der Waals surface area (Å²) in [6, 6.07) is 6.56. The summed E-state index contributed by atoms with van der Waals surface area (Å²) >= 11 is 0. The van der Waals surface area contributed by atoms with Crippen molar-refractivity contribution in [2.75, 3.05) is 32.7 Å². The van der Waals surface area contributed by atoms with Crippen LogP contribution in [0, 0.1) is 0 Å². The summed E-state index contributed by atoms with van der Waals surface area (Å²) in [6.07, 6.45) is 2.10. The average molecular weight is 362 g/mol. The van der Waals surface area contributed by atoms with Crippen LogP contribution in [0.15, 0.2) is 47.4 Å². The van der Waals surface area contributed by atoms with Crippen molar-refractivity contribution in [2.45, 2.75) is 32.3 Å². The Balaban J connectivity index is 1.74. The third-order valence-electron chi connectivity index (χ3n) is 5.62. The Kier molecular flexibility index (Phi) is 3.81. The first-order chi connectivity index (χ1) is 12.1. The monoisotopic (exact) mass is 362 g/mol. The van der Waals surface area contributed by atoms with E-state index >= 15 is 0 Å². The zero-order chi connectivity index (χ0) is 18.7. The van der Waals surface area contributed by atoms with Gasteiger partial charge in [0.1, 0.15) is 17.0 Å². The van der Waals surface area contributed by atoms with E-state index in [-0.39, 0.29) is 5.56 Å². The van der Waals surface area contributed by atoms with Gasteiger partial charge in [0.25, 0.3) is 5.92 Å². The molecule has 1 aromatic carbocycles. The highest BCUT2D eigenvalue weighted by atomic mass is 19.3.